The zero-order valence-electron chi connectivity index (χ0n) is 8.99. The van der Waals surface area contributed by atoms with E-state index in [1.165, 1.54) is 0 Å². The Bertz CT molecular complexity index is 366. The summed E-state index contributed by atoms with van der Waals surface area (Å²) >= 11 is 0. The van der Waals surface area contributed by atoms with E-state index < -0.39 is 0 Å². The molecule has 0 heterocycles. The molecule has 80 valence electrons. The van der Waals surface area contributed by atoms with E-state index in [1.54, 1.807) is 38.1 Å². The van der Waals surface area contributed by atoms with Crippen LogP contribution in [0.1, 0.15) is 30.6 Å². The fourth-order valence-electron chi connectivity index (χ4n) is 1.13. The lowest BCUT2D eigenvalue weighted by Gasteiger charge is -2.03. The maximum absolute atomic E-state index is 11.6. The molecule has 1 aromatic carbocycles. The van der Waals surface area contributed by atoms with Crippen LogP contribution in [0.25, 0.3) is 0 Å². The number of anilines is 1. The van der Waals surface area contributed by atoms with Crippen molar-refractivity contribution in [2.24, 2.45) is 5.92 Å². The molecule has 3 heteroatoms. The van der Waals surface area contributed by atoms with E-state index in [2.05, 4.69) is 0 Å². The average Bonchev–Trinajstić information content (AvgIpc) is 2.18. The number of hydrogen-bond acceptors (Lipinski definition) is 3. The summed E-state index contributed by atoms with van der Waals surface area (Å²) in [5.41, 5.74) is 6.65. The van der Waals surface area contributed by atoms with Gasteiger partial charge < -0.3 is 5.73 Å². The summed E-state index contributed by atoms with van der Waals surface area (Å²) in [7, 11) is 0. The number of hydrogen-bond donors (Lipinski definition) is 1. The number of carbonyl (C=O) groups excluding carboxylic acids is 2. The molecule has 2 N–H and O–H groups in total. The first kappa shape index (κ1) is 11.4. The number of nitrogen functional groups attached to an aromatic ring is 1. The van der Waals surface area contributed by atoms with Crippen LogP contribution >= 0.6 is 0 Å². The van der Waals surface area contributed by atoms with Gasteiger partial charge >= 0.3 is 0 Å². The van der Waals surface area contributed by atoms with Gasteiger partial charge in [-0.15, -0.1) is 0 Å². The van der Waals surface area contributed by atoms with Crippen LogP contribution in [0.5, 0.6) is 0 Å². The zero-order valence-corrected chi connectivity index (χ0v) is 8.99. The first-order valence-corrected chi connectivity index (χ1v) is 4.92. The van der Waals surface area contributed by atoms with E-state index in [9.17, 15) is 9.59 Å². The number of rotatable bonds is 4. The Morgan fingerprint density at radius 2 is 1.73 bits per heavy atom. The molecule has 0 spiro atoms. The summed E-state index contributed by atoms with van der Waals surface area (Å²) in [5, 5.41) is 0. The molecule has 0 aliphatic carbocycles. The van der Waals surface area contributed by atoms with Crippen molar-refractivity contribution in [1.29, 1.82) is 0 Å². The van der Waals surface area contributed by atoms with Crippen LogP contribution in [-0.2, 0) is 4.79 Å². The van der Waals surface area contributed by atoms with Gasteiger partial charge in [0, 0.05) is 17.2 Å². The van der Waals surface area contributed by atoms with E-state index in [-0.39, 0.29) is 23.9 Å². The lowest BCUT2D eigenvalue weighted by Crippen LogP contribution is -2.13. The van der Waals surface area contributed by atoms with Crippen LogP contribution in [0.3, 0.4) is 0 Å². The second kappa shape index (κ2) is 4.73. The van der Waals surface area contributed by atoms with Crippen molar-refractivity contribution in [2.45, 2.75) is 20.3 Å². The molecule has 0 saturated heterocycles. The molecule has 0 radical (unpaired) electrons. The number of carbonyl (C=O) groups is 2. The first-order valence-electron chi connectivity index (χ1n) is 4.92. The lowest BCUT2D eigenvalue weighted by atomic mass is 10.00. The molecular weight excluding hydrogens is 190 g/mol. The minimum Gasteiger partial charge on any atom is -0.399 e. The van der Waals surface area contributed by atoms with Crippen LogP contribution in [-0.4, -0.2) is 11.6 Å². The molecule has 0 amide bonds. The van der Waals surface area contributed by atoms with Gasteiger partial charge in [0.05, 0.1) is 6.42 Å². The molecule has 0 saturated carbocycles. The smallest absolute Gasteiger partial charge is 0.170 e. The molecule has 15 heavy (non-hydrogen) atoms. The number of Topliss-reactive ketones (excluding diaryl/α,β-unsaturated/α-hetero) is 2. The second-order valence-electron chi connectivity index (χ2n) is 3.84. The molecule has 1 rings (SSSR count). The van der Waals surface area contributed by atoms with Gasteiger partial charge in [-0.2, -0.15) is 0 Å². The first-order chi connectivity index (χ1) is 7.00. The third kappa shape index (κ3) is 3.20. The van der Waals surface area contributed by atoms with Crippen LogP contribution in [0.2, 0.25) is 0 Å². The van der Waals surface area contributed by atoms with Crippen molar-refractivity contribution >= 4 is 17.3 Å². The van der Waals surface area contributed by atoms with Crippen molar-refractivity contribution in [3.05, 3.63) is 29.8 Å². The van der Waals surface area contributed by atoms with Gasteiger partial charge in [-0.1, -0.05) is 13.8 Å². The van der Waals surface area contributed by atoms with Gasteiger partial charge in [-0.25, -0.2) is 0 Å². The minimum atomic E-state index is -0.145. The molecular formula is C12H15NO2. The highest BCUT2D eigenvalue weighted by Crippen LogP contribution is 2.10. The van der Waals surface area contributed by atoms with E-state index in [0.717, 1.165) is 0 Å². The third-order valence-electron chi connectivity index (χ3n) is 2.21. The van der Waals surface area contributed by atoms with Crippen LogP contribution in [0.15, 0.2) is 24.3 Å². The molecule has 0 unspecified atom stereocenters. The average molecular weight is 205 g/mol. The van der Waals surface area contributed by atoms with E-state index in [4.69, 9.17) is 5.73 Å². The van der Waals surface area contributed by atoms with Crippen LogP contribution in [0, 0.1) is 5.92 Å². The van der Waals surface area contributed by atoms with Crippen molar-refractivity contribution in [1.82, 2.24) is 0 Å². The number of nitrogens with two attached hydrogens (primary N) is 1. The summed E-state index contributed by atoms with van der Waals surface area (Å²) in [6.07, 6.45) is -0.0262. The van der Waals surface area contributed by atoms with Gasteiger partial charge in [0.25, 0.3) is 0 Å². The fraction of sp³-hybridized carbons (Fsp3) is 0.333. The Kier molecular flexibility index (Phi) is 3.61. The molecule has 0 aliphatic rings. The van der Waals surface area contributed by atoms with Crippen molar-refractivity contribution in [3.8, 4) is 0 Å². The molecule has 0 aromatic heterocycles. The molecule has 0 atom stereocenters. The normalized spacial score (nSPS) is 10.3. The van der Waals surface area contributed by atoms with Crippen LogP contribution < -0.4 is 5.73 Å². The van der Waals surface area contributed by atoms with Crippen molar-refractivity contribution < 1.29 is 9.59 Å². The van der Waals surface area contributed by atoms with Gasteiger partial charge in [0.1, 0.15) is 5.78 Å². The van der Waals surface area contributed by atoms with Gasteiger partial charge in [0.2, 0.25) is 0 Å². The number of benzene rings is 1. The molecule has 0 bridgehead atoms. The van der Waals surface area contributed by atoms with Gasteiger partial charge in [0.15, 0.2) is 5.78 Å². The monoisotopic (exact) mass is 205 g/mol. The van der Waals surface area contributed by atoms with Gasteiger partial charge in [-0.05, 0) is 24.3 Å². The zero-order chi connectivity index (χ0) is 11.4. The summed E-state index contributed by atoms with van der Waals surface area (Å²) in [6, 6.07) is 6.61. The predicted octanol–water partition coefficient (Wildman–Crippen LogP) is 2.07. The minimum absolute atomic E-state index is 0.0262. The largest absolute Gasteiger partial charge is 0.399 e. The number of ketones is 2. The predicted molar refractivity (Wildman–Crippen MR) is 59.6 cm³/mol. The molecule has 1 aromatic rings. The van der Waals surface area contributed by atoms with Crippen molar-refractivity contribution in [2.75, 3.05) is 5.73 Å². The SMILES string of the molecule is CC(C)C(=O)CC(=O)c1ccc(N)cc1. The molecule has 0 aliphatic heterocycles. The summed E-state index contributed by atoms with van der Waals surface area (Å²) in [6.45, 7) is 3.58. The Balaban J connectivity index is 2.69. The third-order valence-corrected chi connectivity index (χ3v) is 2.21. The fourth-order valence-corrected chi connectivity index (χ4v) is 1.13. The standard InChI is InChI=1S/C12H15NO2/c1-8(2)11(14)7-12(15)9-3-5-10(13)6-4-9/h3-6,8H,7,13H2,1-2H3. The summed E-state index contributed by atoms with van der Waals surface area (Å²) in [5.74, 6) is -0.270. The van der Waals surface area contributed by atoms with E-state index in [0.29, 0.717) is 11.3 Å². The quantitative estimate of drug-likeness (QED) is 0.465. The summed E-state index contributed by atoms with van der Waals surface area (Å²) in [4.78, 5) is 23.0. The molecule has 3 nitrogen and oxygen atoms in total. The van der Waals surface area contributed by atoms with E-state index >= 15 is 0 Å². The van der Waals surface area contributed by atoms with Crippen LogP contribution in [0.4, 0.5) is 5.69 Å². The Morgan fingerprint density at radius 3 is 2.20 bits per heavy atom. The Hall–Kier alpha value is -1.64. The van der Waals surface area contributed by atoms with E-state index in [1.807, 2.05) is 0 Å². The summed E-state index contributed by atoms with van der Waals surface area (Å²) < 4.78 is 0. The Labute approximate surface area is 89.3 Å². The highest BCUT2D eigenvalue weighted by molar-refractivity contribution is 6.08. The molecule has 0 fully saturated rings. The van der Waals surface area contributed by atoms with Crippen molar-refractivity contribution in [3.63, 3.8) is 0 Å². The van der Waals surface area contributed by atoms with Gasteiger partial charge in [-0.3, -0.25) is 9.59 Å². The topological polar surface area (TPSA) is 60.2 Å². The highest BCUT2D eigenvalue weighted by atomic mass is 16.1. The Morgan fingerprint density at radius 1 is 1.20 bits per heavy atom. The highest BCUT2D eigenvalue weighted by Gasteiger charge is 2.14. The second-order valence-corrected chi connectivity index (χ2v) is 3.84. The maximum Gasteiger partial charge on any atom is 0.170 e. The maximum atomic E-state index is 11.6. The lowest BCUT2D eigenvalue weighted by molar-refractivity contribution is -0.121.